The topological polar surface area (TPSA) is 68.7 Å². The van der Waals surface area contributed by atoms with Gasteiger partial charge in [-0.2, -0.15) is 5.10 Å². The number of amides is 1. The summed E-state index contributed by atoms with van der Waals surface area (Å²) in [4.78, 5) is 19.6. The molecule has 1 aliphatic heterocycles. The van der Waals surface area contributed by atoms with Crippen LogP contribution in [0, 0.1) is 13.8 Å². The number of nitrogens with zero attached hydrogens (tertiary/aromatic N) is 3. The number of pyridine rings is 1. The van der Waals surface area contributed by atoms with Gasteiger partial charge in [0.1, 0.15) is 26.2 Å². The molecule has 3 heterocycles. The molecule has 1 saturated heterocycles. The van der Waals surface area contributed by atoms with Crippen molar-refractivity contribution in [1.82, 2.24) is 9.78 Å². The zero-order valence-electron chi connectivity index (χ0n) is 15.5. The lowest BCUT2D eigenvalue weighted by Crippen LogP contribution is -3.19. The Balaban J connectivity index is 1.58. The van der Waals surface area contributed by atoms with Crippen LogP contribution in [0.3, 0.4) is 0 Å². The minimum atomic E-state index is -0.0825. The second-order valence-electron chi connectivity index (χ2n) is 6.77. The summed E-state index contributed by atoms with van der Waals surface area (Å²) in [5.74, 6) is 1.20. The highest BCUT2D eigenvalue weighted by atomic mass is 16.2. The van der Waals surface area contributed by atoms with Gasteiger partial charge in [-0.15, -0.1) is 0 Å². The van der Waals surface area contributed by atoms with Crippen molar-refractivity contribution in [2.45, 2.75) is 26.8 Å². The predicted octanol–water partition coefficient (Wildman–Crippen LogP) is -0.417. The maximum absolute atomic E-state index is 12.7. The summed E-state index contributed by atoms with van der Waals surface area (Å²) in [6.07, 6.45) is 1.95. The molecule has 0 unspecified atom stereocenters. The van der Waals surface area contributed by atoms with E-state index in [0.717, 1.165) is 49.1 Å². The number of H-pyrrole nitrogens is 1. The molecule has 134 valence electrons. The van der Waals surface area contributed by atoms with Crippen molar-refractivity contribution >= 4 is 17.4 Å². The van der Waals surface area contributed by atoms with E-state index in [0.29, 0.717) is 0 Å². The van der Waals surface area contributed by atoms with Crippen molar-refractivity contribution in [3.05, 3.63) is 35.8 Å². The van der Waals surface area contributed by atoms with Crippen LogP contribution in [0.1, 0.15) is 18.3 Å². The molecular formula is C18H28N6O+2. The van der Waals surface area contributed by atoms with Crippen LogP contribution >= 0.6 is 0 Å². The van der Waals surface area contributed by atoms with Gasteiger partial charge in [-0.05, 0) is 26.8 Å². The predicted molar refractivity (Wildman–Crippen MR) is 96.7 cm³/mol. The number of hydrogen-bond donors (Lipinski definition) is 2. The highest BCUT2D eigenvalue weighted by Gasteiger charge is 2.32. The van der Waals surface area contributed by atoms with Gasteiger partial charge in [-0.3, -0.25) is 14.4 Å². The monoisotopic (exact) mass is 344 g/mol. The largest absolute Gasteiger partial charge is 0.318 e. The summed E-state index contributed by atoms with van der Waals surface area (Å²) in [5, 5.41) is 7.44. The molecule has 0 bridgehead atoms. The standard InChI is InChI=1S/C18H26N6O/c1-13-17(14(2)22(4)21-13)20-18(25)15(3)23-9-11-24(12-10-23)16-7-5-6-8-19-16/h5-8,15H,9-12H2,1-4H3,(H,20,25)/p+2/t15-/m1/s1. The molecule has 1 amide bonds. The molecule has 7 nitrogen and oxygen atoms in total. The molecule has 1 aliphatic rings. The summed E-state index contributed by atoms with van der Waals surface area (Å²) >= 11 is 0. The van der Waals surface area contributed by atoms with Crippen LogP contribution in [-0.4, -0.2) is 47.9 Å². The number of nitrogens with one attached hydrogen (secondary N) is 3. The molecule has 7 heteroatoms. The van der Waals surface area contributed by atoms with E-state index in [2.05, 4.69) is 26.4 Å². The maximum atomic E-state index is 12.7. The van der Waals surface area contributed by atoms with Crippen LogP contribution in [0.15, 0.2) is 24.4 Å². The zero-order valence-corrected chi connectivity index (χ0v) is 15.5. The highest BCUT2D eigenvalue weighted by molar-refractivity contribution is 5.94. The Bertz CT molecular complexity index is 734. The third-order valence-electron chi connectivity index (χ3n) is 5.20. The molecule has 3 rings (SSSR count). The van der Waals surface area contributed by atoms with Crippen molar-refractivity contribution in [2.24, 2.45) is 7.05 Å². The van der Waals surface area contributed by atoms with Crippen molar-refractivity contribution in [3.8, 4) is 0 Å². The van der Waals surface area contributed by atoms with Crippen molar-refractivity contribution < 1.29 is 14.7 Å². The summed E-state index contributed by atoms with van der Waals surface area (Å²) in [5.41, 5.74) is 2.69. The number of aromatic amines is 1. The smallest absolute Gasteiger partial charge is 0.282 e. The van der Waals surface area contributed by atoms with Gasteiger partial charge >= 0.3 is 0 Å². The van der Waals surface area contributed by atoms with Gasteiger partial charge in [-0.25, -0.2) is 4.98 Å². The normalized spacial score (nSPS) is 16.7. The Kier molecular flexibility index (Phi) is 5.03. The molecule has 0 saturated carbocycles. The lowest BCUT2D eigenvalue weighted by atomic mass is 10.2. The van der Waals surface area contributed by atoms with Crippen LogP contribution in [0.4, 0.5) is 11.5 Å². The molecule has 25 heavy (non-hydrogen) atoms. The SMILES string of the molecule is Cc1nn(C)c(C)c1NC(=O)[C@@H](C)[NH+]1CCN(c2cccc[nH+]2)CC1. The number of carbonyl (C=O) groups excluding carboxylic acids is 1. The van der Waals surface area contributed by atoms with Gasteiger partial charge in [0.25, 0.3) is 11.7 Å². The fourth-order valence-electron chi connectivity index (χ4n) is 3.42. The molecule has 3 N–H and O–H groups in total. The van der Waals surface area contributed by atoms with Gasteiger partial charge in [0.05, 0.1) is 23.3 Å². The van der Waals surface area contributed by atoms with Gasteiger partial charge in [0, 0.05) is 13.1 Å². The first-order valence-electron chi connectivity index (χ1n) is 8.84. The minimum absolute atomic E-state index is 0.0638. The van der Waals surface area contributed by atoms with E-state index in [-0.39, 0.29) is 11.9 Å². The molecule has 0 spiro atoms. The average molecular weight is 344 g/mol. The quantitative estimate of drug-likeness (QED) is 0.792. The van der Waals surface area contributed by atoms with E-state index in [1.54, 1.807) is 4.68 Å². The first-order valence-corrected chi connectivity index (χ1v) is 8.84. The summed E-state index contributed by atoms with van der Waals surface area (Å²) in [6, 6.07) is 6.04. The first kappa shape index (κ1) is 17.4. The molecule has 1 fully saturated rings. The fraction of sp³-hybridized carbons (Fsp3) is 0.500. The van der Waals surface area contributed by atoms with Crippen LogP contribution < -0.4 is 20.1 Å². The van der Waals surface area contributed by atoms with Gasteiger partial charge < -0.3 is 10.2 Å². The number of piperazine rings is 1. The summed E-state index contributed by atoms with van der Waals surface area (Å²) in [6.45, 7) is 9.69. The van der Waals surface area contributed by atoms with Crippen LogP contribution in [0.5, 0.6) is 0 Å². The van der Waals surface area contributed by atoms with E-state index in [1.165, 1.54) is 4.90 Å². The van der Waals surface area contributed by atoms with E-state index in [4.69, 9.17) is 0 Å². The van der Waals surface area contributed by atoms with Crippen LogP contribution in [0.25, 0.3) is 0 Å². The van der Waals surface area contributed by atoms with Crippen molar-refractivity contribution in [1.29, 1.82) is 0 Å². The number of anilines is 2. The van der Waals surface area contributed by atoms with Gasteiger partial charge in [-0.1, -0.05) is 6.07 Å². The zero-order chi connectivity index (χ0) is 18.0. The van der Waals surface area contributed by atoms with E-state index in [1.807, 2.05) is 46.1 Å². The maximum Gasteiger partial charge on any atom is 0.282 e. The summed E-state index contributed by atoms with van der Waals surface area (Å²) < 4.78 is 1.80. The van der Waals surface area contributed by atoms with E-state index in [9.17, 15) is 4.79 Å². The molecule has 0 radical (unpaired) electrons. The number of hydrogen-bond acceptors (Lipinski definition) is 3. The highest BCUT2D eigenvalue weighted by Crippen LogP contribution is 2.18. The fourth-order valence-corrected chi connectivity index (χ4v) is 3.42. The Morgan fingerprint density at radius 1 is 1.32 bits per heavy atom. The Hall–Kier alpha value is -2.41. The lowest BCUT2D eigenvalue weighted by molar-refractivity contribution is -0.914. The number of rotatable bonds is 4. The third-order valence-corrected chi connectivity index (χ3v) is 5.20. The lowest BCUT2D eigenvalue weighted by Gasteiger charge is -2.31. The Labute approximate surface area is 148 Å². The third kappa shape index (κ3) is 3.66. The Morgan fingerprint density at radius 3 is 2.60 bits per heavy atom. The molecular weight excluding hydrogens is 316 g/mol. The minimum Gasteiger partial charge on any atom is -0.318 e. The number of carbonyl (C=O) groups is 1. The molecule has 2 aromatic rings. The molecule has 0 aliphatic carbocycles. The number of quaternary nitrogens is 1. The van der Waals surface area contributed by atoms with E-state index >= 15 is 0 Å². The van der Waals surface area contributed by atoms with Crippen molar-refractivity contribution in [3.63, 3.8) is 0 Å². The number of aryl methyl sites for hydroxylation is 2. The number of aromatic nitrogens is 3. The average Bonchev–Trinajstić information content (AvgIpc) is 2.88. The second-order valence-corrected chi connectivity index (χ2v) is 6.77. The Morgan fingerprint density at radius 2 is 2.04 bits per heavy atom. The molecule has 1 atom stereocenters. The molecule has 0 aromatic carbocycles. The first-order chi connectivity index (χ1) is 12.0. The molecule has 2 aromatic heterocycles. The van der Waals surface area contributed by atoms with Gasteiger partial charge in [0.15, 0.2) is 6.04 Å². The van der Waals surface area contributed by atoms with E-state index < -0.39 is 0 Å². The summed E-state index contributed by atoms with van der Waals surface area (Å²) in [7, 11) is 1.90. The second kappa shape index (κ2) is 7.23. The van der Waals surface area contributed by atoms with Crippen LogP contribution in [0.2, 0.25) is 0 Å². The van der Waals surface area contributed by atoms with Crippen LogP contribution in [-0.2, 0) is 11.8 Å². The van der Waals surface area contributed by atoms with Crippen molar-refractivity contribution in [2.75, 3.05) is 36.4 Å². The van der Waals surface area contributed by atoms with Gasteiger partial charge in [0.2, 0.25) is 0 Å².